The molecule has 0 aromatic heterocycles. The molecule has 0 aliphatic carbocycles. The molecule has 1 amide bonds. The Balaban J connectivity index is 1.63. The van der Waals surface area contributed by atoms with Gasteiger partial charge in [0.1, 0.15) is 5.75 Å². The summed E-state index contributed by atoms with van der Waals surface area (Å²) >= 11 is 12.2. The fourth-order valence-electron chi connectivity index (χ4n) is 3.29. The van der Waals surface area contributed by atoms with Crippen molar-refractivity contribution in [2.24, 2.45) is 5.92 Å². The van der Waals surface area contributed by atoms with Crippen LogP contribution < -0.4 is 10.1 Å². The minimum Gasteiger partial charge on any atom is -0.495 e. The van der Waals surface area contributed by atoms with E-state index in [0.29, 0.717) is 34.6 Å². The van der Waals surface area contributed by atoms with Gasteiger partial charge in [-0.1, -0.05) is 41.4 Å². The standard InChI is InChI=1S/C20H22Cl2N2O2/c1-26-19-7-3-2-6-18(19)23-20(25)15-5-4-10-24(13-15)12-14-8-9-16(21)11-17(14)22/h2-3,6-9,11,15H,4-5,10,12-13H2,1H3,(H,23,25)/t15-/m0/s1. The maximum absolute atomic E-state index is 12.7. The number of halogens is 2. The van der Waals surface area contributed by atoms with Gasteiger partial charge in [0.2, 0.25) is 5.91 Å². The number of carbonyl (C=O) groups excluding carboxylic acids is 1. The lowest BCUT2D eigenvalue weighted by Gasteiger charge is -2.32. The molecule has 1 saturated heterocycles. The summed E-state index contributed by atoms with van der Waals surface area (Å²) in [6, 6.07) is 13.0. The average Bonchev–Trinajstić information content (AvgIpc) is 2.65. The number of nitrogens with zero attached hydrogens (tertiary/aromatic N) is 1. The summed E-state index contributed by atoms with van der Waals surface area (Å²) in [6.07, 6.45) is 1.86. The van der Waals surface area contributed by atoms with Gasteiger partial charge in [-0.3, -0.25) is 9.69 Å². The van der Waals surface area contributed by atoms with Crippen LogP contribution in [0.15, 0.2) is 42.5 Å². The number of amides is 1. The Morgan fingerprint density at radius 2 is 2.08 bits per heavy atom. The van der Waals surface area contributed by atoms with Gasteiger partial charge in [-0.2, -0.15) is 0 Å². The van der Waals surface area contributed by atoms with Crippen molar-refractivity contribution in [2.75, 3.05) is 25.5 Å². The molecule has 1 aliphatic rings. The van der Waals surface area contributed by atoms with Crippen LogP contribution in [0.25, 0.3) is 0 Å². The van der Waals surface area contributed by atoms with E-state index in [1.54, 1.807) is 13.2 Å². The predicted molar refractivity (Wildman–Crippen MR) is 106 cm³/mol. The summed E-state index contributed by atoms with van der Waals surface area (Å²) in [5, 5.41) is 4.30. The molecule has 4 nitrogen and oxygen atoms in total. The summed E-state index contributed by atoms with van der Waals surface area (Å²) in [4.78, 5) is 15.0. The largest absolute Gasteiger partial charge is 0.495 e. The molecule has 1 atom stereocenters. The van der Waals surface area contributed by atoms with Crippen molar-refractivity contribution in [3.05, 3.63) is 58.1 Å². The number of ether oxygens (including phenoxy) is 1. The van der Waals surface area contributed by atoms with E-state index < -0.39 is 0 Å². The molecule has 2 aromatic rings. The maximum Gasteiger partial charge on any atom is 0.228 e. The molecule has 1 aliphatic heterocycles. The molecule has 1 fully saturated rings. The summed E-state index contributed by atoms with van der Waals surface area (Å²) in [5.74, 6) is 0.641. The second-order valence-corrected chi connectivity index (χ2v) is 7.34. The van der Waals surface area contributed by atoms with Gasteiger partial charge >= 0.3 is 0 Å². The molecule has 2 aromatic carbocycles. The van der Waals surface area contributed by atoms with Crippen LogP contribution in [0.1, 0.15) is 18.4 Å². The number of piperidine rings is 1. The molecule has 3 rings (SSSR count). The van der Waals surface area contributed by atoms with Crippen molar-refractivity contribution >= 4 is 34.8 Å². The van der Waals surface area contributed by atoms with E-state index in [1.807, 2.05) is 36.4 Å². The van der Waals surface area contributed by atoms with Gasteiger partial charge in [-0.15, -0.1) is 0 Å². The third-order valence-corrected chi connectivity index (χ3v) is 5.24. The van der Waals surface area contributed by atoms with E-state index in [2.05, 4.69) is 10.2 Å². The van der Waals surface area contributed by atoms with Crippen LogP contribution in [-0.2, 0) is 11.3 Å². The monoisotopic (exact) mass is 392 g/mol. The van der Waals surface area contributed by atoms with Gasteiger partial charge < -0.3 is 10.1 Å². The SMILES string of the molecule is COc1ccccc1NC(=O)[C@H]1CCCN(Cc2ccc(Cl)cc2Cl)C1. The number of anilines is 1. The van der Waals surface area contributed by atoms with Crippen molar-refractivity contribution in [3.8, 4) is 5.75 Å². The van der Waals surface area contributed by atoms with Gasteiger partial charge in [-0.25, -0.2) is 0 Å². The summed E-state index contributed by atoms with van der Waals surface area (Å²) in [6.45, 7) is 2.38. The van der Waals surface area contributed by atoms with Crippen LogP contribution in [0.2, 0.25) is 10.0 Å². The maximum atomic E-state index is 12.7. The summed E-state index contributed by atoms with van der Waals surface area (Å²) in [7, 11) is 1.60. The van der Waals surface area contributed by atoms with Gasteiger partial charge in [0.05, 0.1) is 18.7 Å². The minimum absolute atomic E-state index is 0.0291. The Bertz CT molecular complexity index is 782. The van der Waals surface area contributed by atoms with Crippen molar-refractivity contribution in [3.63, 3.8) is 0 Å². The number of hydrogen-bond donors (Lipinski definition) is 1. The van der Waals surface area contributed by atoms with Gasteiger partial charge in [0.25, 0.3) is 0 Å². The van der Waals surface area contributed by atoms with Crippen LogP contribution in [0.5, 0.6) is 5.75 Å². The van der Waals surface area contributed by atoms with Crippen molar-refractivity contribution in [2.45, 2.75) is 19.4 Å². The van der Waals surface area contributed by atoms with E-state index in [-0.39, 0.29) is 11.8 Å². The second kappa shape index (κ2) is 8.76. The first-order valence-electron chi connectivity index (χ1n) is 8.67. The highest BCUT2D eigenvalue weighted by molar-refractivity contribution is 6.35. The fraction of sp³-hybridized carbons (Fsp3) is 0.350. The topological polar surface area (TPSA) is 41.6 Å². The molecule has 138 valence electrons. The lowest BCUT2D eigenvalue weighted by atomic mass is 9.96. The Hall–Kier alpha value is -1.75. The van der Waals surface area contributed by atoms with E-state index >= 15 is 0 Å². The summed E-state index contributed by atoms with van der Waals surface area (Å²) in [5.41, 5.74) is 1.74. The molecular weight excluding hydrogens is 371 g/mol. The first kappa shape index (κ1) is 19.0. The molecule has 0 saturated carbocycles. The Kier molecular flexibility index (Phi) is 6.41. The highest BCUT2D eigenvalue weighted by atomic mass is 35.5. The van der Waals surface area contributed by atoms with Crippen molar-refractivity contribution < 1.29 is 9.53 Å². The number of para-hydroxylation sites is 2. The number of benzene rings is 2. The first-order chi connectivity index (χ1) is 12.6. The molecule has 6 heteroatoms. The number of likely N-dealkylation sites (tertiary alicyclic amines) is 1. The Labute approximate surface area is 164 Å². The molecule has 0 bridgehead atoms. The minimum atomic E-state index is -0.0558. The highest BCUT2D eigenvalue weighted by Crippen LogP contribution is 2.27. The fourth-order valence-corrected chi connectivity index (χ4v) is 3.75. The Morgan fingerprint density at radius 1 is 1.27 bits per heavy atom. The molecule has 0 unspecified atom stereocenters. The third-order valence-electron chi connectivity index (χ3n) is 4.65. The number of rotatable bonds is 5. The van der Waals surface area contributed by atoms with Crippen LogP contribution in [0, 0.1) is 5.92 Å². The molecule has 0 radical (unpaired) electrons. The number of carbonyl (C=O) groups is 1. The van der Waals surface area contributed by atoms with E-state index in [9.17, 15) is 4.79 Å². The van der Waals surface area contributed by atoms with Crippen molar-refractivity contribution in [1.29, 1.82) is 0 Å². The van der Waals surface area contributed by atoms with Gasteiger partial charge in [0, 0.05) is 23.1 Å². The van der Waals surface area contributed by atoms with Crippen LogP contribution in [-0.4, -0.2) is 31.0 Å². The third kappa shape index (κ3) is 4.70. The molecule has 1 heterocycles. The van der Waals surface area contributed by atoms with Crippen molar-refractivity contribution in [1.82, 2.24) is 4.90 Å². The first-order valence-corrected chi connectivity index (χ1v) is 9.42. The highest BCUT2D eigenvalue weighted by Gasteiger charge is 2.26. The zero-order chi connectivity index (χ0) is 18.5. The van der Waals surface area contributed by atoms with Crippen LogP contribution in [0.4, 0.5) is 5.69 Å². The number of nitrogens with one attached hydrogen (secondary N) is 1. The van der Waals surface area contributed by atoms with Gasteiger partial charge in [-0.05, 0) is 49.2 Å². The number of methoxy groups -OCH3 is 1. The number of hydrogen-bond acceptors (Lipinski definition) is 3. The second-order valence-electron chi connectivity index (χ2n) is 6.50. The summed E-state index contributed by atoms with van der Waals surface area (Å²) < 4.78 is 5.31. The van der Waals surface area contributed by atoms with Gasteiger partial charge in [0.15, 0.2) is 0 Å². The molecular formula is C20H22Cl2N2O2. The zero-order valence-corrected chi connectivity index (χ0v) is 16.2. The lowest BCUT2D eigenvalue weighted by molar-refractivity contribution is -0.121. The van der Waals surface area contributed by atoms with Crippen LogP contribution >= 0.6 is 23.2 Å². The predicted octanol–water partition coefficient (Wildman–Crippen LogP) is 4.85. The van der Waals surface area contributed by atoms with E-state index in [4.69, 9.17) is 27.9 Å². The molecule has 1 N–H and O–H groups in total. The average molecular weight is 393 g/mol. The van der Waals surface area contributed by atoms with E-state index in [1.165, 1.54) is 0 Å². The normalized spacial score (nSPS) is 17.7. The zero-order valence-electron chi connectivity index (χ0n) is 14.7. The molecule has 26 heavy (non-hydrogen) atoms. The van der Waals surface area contributed by atoms with E-state index in [0.717, 1.165) is 24.9 Å². The lowest BCUT2D eigenvalue weighted by Crippen LogP contribution is -2.40. The quantitative estimate of drug-likeness (QED) is 0.790. The smallest absolute Gasteiger partial charge is 0.228 e. The Morgan fingerprint density at radius 3 is 2.85 bits per heavy atom. The van der Waals surface area contributed by atoms with Crippen LogP contribution in [0.3, 0.4) is 0 Å². The molecule has 0 spiro atoms.